The first-order valence-electron chi connectivity index (χ1n) is 7.79. The van der Waals surface area contributed by atoms with Crippen molar-refractivity contribution in [2.24, 2.45) is 5.73 Å². The first-order valence-corrected chi connectivity index (χ1v) is 7.79. The molecule has 0 radical (unpaired) electrons. The van der Waals surface area contributed by atoms with Crippen LogP contribution in [0.25, 0.3) is 11.1 Å². The Balaban J connectivity index is 2.41. The van der Waals surface area contributed by atoms with Crippen LogP contribution in [0.5, 0.6) is 0 Å². The largest absolute Gasteiger partial charge is 0.466 e. The van der Waals surface area contributed by atoms with Crippen LogP contribution < -0.4 is 5.73 Å². The van der Waals surface area contributed by atoms with Gasteiger partial charge in [0.2, 0.25) is 0 Å². The minimum absolute atomic E-state index is 0.225. The second-order valence-electron chi connectivity index (χ2n) is 5.90. The monoisotopic (exact) mass is 331 g/mol. The molecule has 0 saturated carbocycles. The number of carbonyl (C=O) groups excluding carboxylic acids is 1. The van der Waals surface area contributed by atoms with E-state index in [2.05, 4.69) is 0 Å². The molecule has 0 saturated heterocycles. The summed E-state index contributed by atoms with van der Waals surface area (Å²) in [6.07, 6.45) is -0.342. The predicted molar refractivity (Wildman–Crippen MR) is 90.6 cm³/mol. The fourth-order valence-electron chi connectivity index (χ4n) is 2.84. The number of hydrogen-bond acceptors (Lipinski definition) is 4. The van der Waals surface area contributed by atoms with E-state index in [1.165, 1.54) is 12.1 Å². The van der Waals surface area contributed by atoms with E-state index in [1.54, 1.807) is 25.1 Å². The zero-order chi connectivity index (χ0) is 17.9. The van der Waals surface area contributed by atoms with Crippen molar-refractivity contribution in [1.29, 1.82) is 0 Å². The van der Waals surface area contributed by atoms with Crippen molar-refractivity contribution in [3.05, 3.63) is 58.9 Å². The van der Waals surface area contributed by atoms with Crippen molar-refractivity contribution < 1.29 is 19.0 Å². The zero-order valence-electron chi connectivity index (χ0n) is 14.1. The van der Waals surface area contributed by atoms with Crippen LogP contribution in [-0.4, -0.2) is 17.7 Å². The maximum atomic E-state index is 13.5. The zero-order valence-corrected chi connectivity index (χ0v) is 14.1. The number of benzene rings is 2. The van der Waals surface area contributed by atoms with E-state index >= 15 is 0 Å². The van der Waals surface area contributed by atoms with Crippen LogP contribution in [0.2, 0.25) is 0 Å². The molecule has 3 N–H and O–H groups in total. The van der Waals surface area contributed by atoms with Crippen LogP contribution in [0.15, 0.2) is 36.4 Å². The quantitative estimate of drug-likeness (QED) is 0.652. The molecule has 0 bridgehead atoms. The van der Waals surface area contributed by atoms with E-state index in [0.717, 1.165) is 22.3 Å². The lowest BCUT2D eigenvalue weighted by molar-refractivity contribution is -0.148. The topological polar surface area (TPSA) is 72.5 Å². The van der Waals surface area contributed by atoms with Crippen molar-refractivity contribution in [1.82, 2.24) is 0 Å². The van der Waals surface area contributed by atoms with Crippen LogP contribution >= 0.6 is 0 Å². The summed E-state index contributed by atoms with van der Waals surface area (Å²) in [5.74, 6) is -0.857. The first kappa shape index (κ1) is 18.1. The normalized spacial score (nSPS) is 13.4. The van der Waals surface area contributed by atoms with Gasteiger partial charge in [-0.3, -0.25) is 10.5 Å². The molecule has 2 aromatic carbocycles. The van der Waals surface area contributed by atoms with Gasteiger partial charge in [-0.25, -0.2) is 4.39 Å². The first-order chi connectivity index (χ1) is 11.2. The summed E-state index contributed by atoms with van der Waals surface area (Å²) in [5.41, 5.74) is 7.74. The summed E-state index contributed by atoms with van der Waals surface area (Å²) in [7, 11) is 0. The van der Waals surface area contributed by atoms with Crippen molar-refractivity contribution in [3.63, 3.8) is 0 Å². The van der Waals surface area contributed by atoms with E-state index in [0.29, 0.717) is 5.56 Å². The Morgan fingerprint density at radius 1 is 1.25 bits per heavy atom. The molecule has 0 amide bonds. The van der Waals surface area contributed by atoms with Gasteiger partial charge in [-0.1, -0.05) is 18.2 Å². The molecule has 0 spiro atoms. The molecule has 1 atom stereocenters. The molecule has 2 aromatic rings. The minimum atomic E-state index is -1.83. The number of nitrogens with two attached hydrogens (primary N) is 1. The van der Waals surface area contributed by atoms with Gasteiger partial charge in [0.25, 0.3) is 0 Å². The van der Waals surface area contributed by atoms with Gasteiger partial charge < -0.3 is 9.84 Å². The third kappa shape index (κ3) is 3.99. The lowest BCUT2D eigenvalue weighted by Crippen LogP contribution is -2.39. The van der Waals surface area contributed by atoms with Gasteiger partial charge in [-0.2, -0.15) is 0 Å². The second kappa shape index (κ2) is 7.11. The molecule has 0 aliphatic heterocycles. The summed E-state index contributed by atoms with van der Waals surface area (Å²) < 4.78 is 18.3. The Labute approximate surface area is 141 Å². The molecule has 24 heavy (non-hydrogen) atoms. The van der Waals surface area contributed by atoms with Gasteiger partial charge in [-0.15, -0.1) is 0 Å². The highest BCUT2D eigenvalue weighted by Gasteiger charge is 2.28. The fraction of sp³-hybridized carbons (Fsp3) is 0.316. The SMILES string of the molecule is CCOC(=O)CC(N)(O)c1cccc(-c2c(C)cc(F)cc2C)c1. The molecule has 0 fully saturated rings. The van der Waals surface area contributed by atoms with E-state index < -0.39 is 11.7 Å². The molecule has 0 aliphatic rings. The van der Waals surface area contributed by atoms with Gasteiger partial charge in [0.05, 0.1) is 13.0 Å². The number of aryl methyl sites for hydroxylation is 2. The average Bonchev–Trinajstić information content (AvgIpc) is 2.46. The van der Waals surface area contributed by atoms with Gasteiger partial charge in [0.15, 0.2) is 0 Å². The molecule has 0 aromatic heterocycles. The van der Waals surface area contributed by atoms with Crippen molar-refractivity contribution in [2.45, 2.75) is 32.9 Å². The Kier molecular flexibility index (Phi) is 5.36. The second-order valence-corrected chi connectivity index (χ2v) is 5.90. The highest BCUT2D eigenvalue weighted by molar-refractivity contribution is 5.73. The summed E-state index contributed by atoms with van der Waals surface area (Å²) in [5, 5.41) is 10.5. The maximum absolute atomic E-state index is 13.5. The average molecular weight is 331 g/mol. The van der Waals surface area contributed by atoms with Crippen LogP contribution in [-0.2, 0) is 15.3 Å². The highest BCUT2D eigenvalue weighted by Crippen LogP contribution is 2.31. The standard InChI is InChI=1S/C19H22FNO3/c1-4-24-17(22)11-19(21,23)15-7-5-6-14(10-15)18-12(2)8-16(20)9-13(18)3/h5-10,23H,4,11,21H2,1-3H3. The number of halogens is 1. The summed E-state index contributed by atoms with van der Waals surface area (Å²) in [6, 6.07) is 9.89. The maximum Gasteiger partial charge on any atom is 0.310 e. The van der Waals surface area contributed by atoms with E-state index in [-0.39, 0.29) is 18.8 Å². The van der Waals surface area contributed by atoms with Gasteiger partial charge >= 0.3 is 5.97 Å². The number of carbonyl (C=O) groups is 1. The van der Waals surface area contributed by atoms with Crippen LogP contribution in [0.4, 0.5) is 4.39 Å². The van der Waals surface area contributed by atoms with E-state index in [1.807, 2.05) is 19.9 Å². The molecule has 2 rings (SSSR count). The number of esters is 1. The van der Waals surface area contributed by atoms with Crippen LogP contribution in [0.3, 0.4) is 0 Å². The summed E-state index contributed by atoms with van der Waals surface area (Å²) >= 11 is 0. The Morgan fingerprint density at radius 2 is 1.88 bits per heavy atom. The lowest BCUT2D eigenvalue weighted by Gasteiger charge is -2.23. The number of aliphatic hydroxyl groups is 1. The highest BCUT2D eigenvalue weighted by atomic mass is 19.1. The van der Waals surface area contributed by atoms with Crippen molar-refractivity contribution in [2.75, 3.05) is 6.61 Å². The lowest BCUT2D eigenvalue weighted by atomic mass is 9.91. The Morgan fingerprint density at radius 3 is 2.46 bits per heavy atom. The van der Waals surface area contributed by atoms with Crippen LogP contribution in [0.1, 0.15) is 30.0 Å². The minimum Gasteiger partial charge on any atom is -0.466 e. The summed E-state index contributed by atoms with van der Waals surface area (Å²) in [4.78, 5) is 11.6. The van der Waals surface area contributed by atoms with Crippen molar-refractivity contribution in [3.8, 4) is 11.1 Å². The van der Waals surface area contributed by atoms with E-state index in [9.17, 15) is 14.3 Å². The van der Waals surface area contributed by atoms with Crippen LogP contribution in [0, 0.1) is 19.7 Å². The molecule has 128 valence electrons. The summed E-state index contributed by atoms with van der Waals surface area (Å²) in [6.45, 7) is 5.56. The third-order valence-electron chi connectivity index (χ3n) is 3.87. The van der Waals surface area contributed by atoms with Crippen molar-refractivity contribution >= 4 is 5.97 Å². The molecule has 5 heteroatoms. The Bertz CT molecular complexity index is 733. The smallest absolute Gasteiger partial charge is 0.310 e. The number of ether oxygens (including phenoxy) is 1. The van der Waals surface area contributed by atoms with Gasteiger partial charge in [0, 0.05) is 0 Å². The van der Waals surface area contributed by atoms with Gasteiger partial charge in [-0.05, 0) is 66.8 Å². The fourth-order valence-corrected chi connectivity index (χ4v) is 2.84. The number of rotatable bonds is 5. The number of hydrogen-bond donors (Lipinski definition) is 2. The molecule has 0 heterocycles. The van der Waals surface area contributed by atoms with Gasteiger partial charge in [0.1, 0.15) is 11.5 Å². The molecule has 1 unspecified atom stereocenters. The molecular formula is C19H22FNO3. The molecule has 0 aliphatic carbocycles. The van der Waals surface area contributed by atoms with E-state index in [4.69, 9.17) is 10.5 Å². The molecular weight excluding hydrogens is 309 g/mol. The third-order valence-corrected chi connectivity index (χ3v) is 3.87. The predicted octanol–water partition coefficient (Wildman–Crippen LogP) is 3.17. The molecule has 4 nitrogen and oxygen atoms in total. The Hall–Kier alpha value is -2.24.